The molecule has 174 valence electrons. The lowest BCUT2D eigenvalue weighted by Gasteiger charge is -2.20. The second-order valence-corrected chi connectivity index (χ2v) is 9.25. The number of hydrogen-bond donors (Lipinski definition) is 1. The second kappa shape index (κ2) is 9.59. The number of aromatic nitrogens is 2. The fourth-order valence-corrected chi connectivity index (χ4v) is 4.79. The van der Waals surface area contributed by atoms with Crippen LogP contribution in [0.25, 0.3) is 11.5 Å². The summed E-state index contributed by atoms with van der Waals surface area (Å²) in [4.78, 5) is 12.7. The first kappa shape index (κ1) is 22.7. The predicted octanol–water partition coefficient (Wildman–Crippen LogP) is 3.53. The lowest BCUT2D eigenvalue weighted by molar-refractivity contribution is 0.102. The van der Waals surface area contributed by atoms with Gasteiger partial charge in [0.25, 0.3) is 5.91 Å². The number of hydrogen-bond acceptors (Lipinski definition) is 8. The highest BCUT2D eigenvalue weighted by molar-refractivity contribution is 7.89. The van der Waals surface area contributed by atoms with E-state index in [-0.39, 0.29) is 29.2 Å². The van der Waals surface area contributed by atoms with Crippen molar-refractivity contribution < 1.29 is 27.1 Å². The van der Waals surface area contributed by atoms with Crippen molar-refractivity contribution in [3.63, 3.8) is 0 Å². The van der Waals surface area contributed by atoms with Crippen molar-refractivity contribution in [3.05, 3.63) is 48.0 Å². The summed E-state index contributed by atoms with van der Waals surface area (Å²) in [5.74, 6) is 0.905. The third kappa shape index (κ3) is 4.83. The van der Waals surface area contributed by atoms with Crippen LogP contribution in [0.5, 0.6) is 11.5 Å². The first-order valence-corrected chi connectivity index (χ1v) is 12.0. The molecule has 0 aliphatic carbocycles. The number of benzene rings is 2. The van der Waals surface area contributed by atoms with Crippen LogP contribution >= 0.6 is 0 Å². The van der Waals surface area contributed by atoms with Gasteiger partial charge in [-0.05, 0) is 48.9 Å². The van der Waals surface area contributed by atoms with Crippen molar-refractivity contribution in [2.24, 2.45) is 0 Å². The number of sulfonamides is 1. The van der Waals surface area contributed by atoms with E-state index in [9.17, 15) is 13.2 Å². The van der Waals surface area contributed by atoms with Crippen molar-refractivity contribution in [2.45, 2.75) is 31.6 Å². The van der Waals surface area contributed by atoms with Gasteiger partial charge in [-0.1, -0.05) is 25.4 Å². The molecule has 10 nitrogen and oxygen atoms in total. The Hall–Kier alpha value is -3.44. The van der Waals surface area contributed by atoms with Gasteiger partial charge >= 0.3 is 6.01 Å². The standard InChI is InChI=1S/C22H24N4O6S/c1-3-5-12-26(4-2)33(28,29)17-9-6-15(7-10-17)20(27)23-22-25-24-21(32-22)16-8-11-18-19(13-16)31-14-30-18/h6-11,13H,3-5,12,14H2,1-2H3,(H,23,25,27). The van der Waals surface area contributed by atoms with E-state index in [4.69, 9.17) is 13.9 Å². The Balaban J connectivity index is 1.44. The molecule has 4 rings (SSSR count). The normalized spacial score (nSPS) is 12.8. The molecule has 0 unspecified atom stereocenters. The molecule has 1 aliphatic rings. The van der Waals surface area contributed by atoms with E-state index in [1.807, 2.05) is 6.92 Å². The van der Waals surface area contributed by atoms with Gasteiger partial charge in [0.15, 0.2) is 11.5 Å². The molecule has 0 fully saturated rings. The van der Waals surface area contributed by atoms with Crippen LogP contribution in [-0.4, -0.2) is 48.7 Å². The van der Waals surface area contributed by atoms with Gasteiger partial charge in [0.05, 0.1) is 4.90 Å². The molecule has 0 bridgehead atoms. The number of anilines is 1. The van der Waals surface area contributed by atoms with E-state index in [0.717, 1.165) is 12.8 Å². The van der Waals surface area contributed by atoms with Crippen molar-refractivity contribution in [2.75, 3.05) is 25.2 Å². The molecule has 33 heavy (non-hydrogen) atoms. The number of ether oxygens (including phenoxy) is 2. The number of rotatable bonds is 9. The zero-order chi connectivity index (χ0) is 23.4. The van der Waals surface area contributed by atoms with E-state index < -0.39 is 15.9 Å². The maximum atomic E-state index is 12.8. The van der Waals surface area contributed by atoms with Crippen molar-refractivity contribution in [1.29, 1.82) is 0 Å². The van der Waals surface area contributed by atoms with Crippen LogP contribution in [0.4, 0.5) is 6.01 Å². The highest BCUT2D eigenvalue weighted by Crippen LogP contribution is 2.35. The topological polar surface area (TPSA) is 124 Å². The smallest absolute Gasteiger partial charge is 0.322 e. The molecule has 0 saturated heterocycles. The van der Waals surface area contributed by atoms with Crippen LogP contribution in [0, 0.1) is 0 Å². The van der Waals surface area contributed by atoms with Crippen LogP contribution in [0.1, 0.15) is 37.0 Å². The third-order valence-electron chi connectivity index (χ3n) is 5.13. The Morgan fingerprint density at radius 1 is 1.06 bits per heavy atom. The van der Waals surface area contributed by atoms with Gasteiger partial charge < -0.3 is 13.9 Å². The number of carbonyl (C=O) groups excluding carboxylic acids is 1. The fourth-order valence-electron chi connectivity index (χ4n) is 3.30. The zero-order valence-electron chi connectivity index (χ0n) is 18.3. The Bertz CT molecular complexity index is 1240. The molecule has 1 N–H and O–H groups in total. The van der Waals surface area contributed by atoms with Gasteiger partial charge in [-0.2, -0.15) is 4.31 Å². The monoisotopic (exact) mass is 472 g/mol. The van der Waals surface area contributed by atoms with E-state index in [1.54, 1.807) is 25.1 Å². The maximum absolute atomic E-state index is 12.8. The highest BCUT2D eigenvalue weighted by Gasteiger charge is 2.23. The minimum Gasteiger partial charge on any atom is -0.454 e. The summed E-state index contributed by atoms with van der Waals surface area (Å²) in [7, 11) is -3.61. The number of nitrogens with zero attached hydrogens (tertiary/aromatic N) is 3. The van der Waals surface area contributed by atoms with Crippen LogP contribution < -0.4 is 14.8 Å². The molecule has 1 aromatic heterocycles. The number of unbranched alkanes of at least 4 members (excludes halogenated alkanes) is 1. The van der Waals surface area contributed by atoms with Crippen LogP contribution in [0.2, 0.25) is 0 Å². The number of nitrogens with one attached hydrogen (secondary N) is 1. The van der Waals surface area contributed by atoms with Gasteiger partial charge in [-0.3, -0.25) is 10.1 Å². The number of amides is 1. The average Bonchev–Trinajstić information content (AvgIpc) is 3.48. The van der Waals surface area contributed by atoms with E-state index >= 15 is 0 Å². The first-order valence-electron chi connectivity index (χ1n) is 10.6. The summed E-state index contributed by atoms with van der Waals surface area (Å²) in [6.07, 6.45) is 1.68. The van der Waals surface area contributed by atoms with Crippen molar-refractivity contribution in [1.82, 2.24) is 14.5 Å². The quantitative estimate of drug-likeness (QED) is 0.502. The van der Waals surface area contributed by atoms with Gasteiger partial charge in [0, 0.05) is 24.2 Å². The fraction of sp³-hybridized carbons (Fsp3) is 0.318. The molecule has 2 aromatic carbocycles. The number of fused-ring (bicyclic) bond motifs is 1. The minimum absolute atomic E-state index is 0.0823. The van der Waals surface area contributed by atoms with Gasteiger partial charge in [0.2, 0.25) is 22.7 Å². The van der Waals surface area contributed by atoms with Crippen molar-refractivity contribution >= 4 is 21.9 Å². The van der Waals surface area contributed by atoms with Gasteiger partial charge in [-0.25, -0.2) is 8.42 Å². The summed E-state index contributed by atoms with van der Waals surface area (Å²) in [5.41, 5.74) is 0.874. The second-order valence-electron chi connectivity index (χ2n) is 7.31. The molecule has 1 amide bonds. The minimum atomic E-state index is -3.61. The summed E-state index contributed by atoms with van der Waals surface area (Å²) >= 11 is 0. The van der Waals surface area contributed by atoms with Crippen LogP contribution in [0.3, 0.4) is 0 Å². The zero-order valence-corrected chi connectivity index (χ0v) is 19.1. The summed E-state index contributed by atoms with van der Waals surface area (Å²) in [6.45, 7) is 4.81. The molecule has 0 atom stereocenters. The molecular weight excluding hydrogens is 448 g/mol. The first-order chi connectivity index (χ1) is 15.9. The molecule has 2 heterocycles. The molecule has 11 heteroatoms. The Labute approximate surface area is 191 Å². The molecular formula is C22H24N4O6S. The van der Waals surface area contributed by atoms with Gasteiger partial charge in [0.1, 0.15) is 0 Å². The third-order valence-corrected chi connectivity index (χ3v) is 7.12. The maximum Gasteiger partial charge on any atom is 0.322 e. The molecule has 0 spiro atoms. The summed E-state index contributed by atoms with van der Waals surface area (Å²) in [5, 5.41) is 10.3. The lowest BCUT2D eigenvalue weighted by Crippen LogP contribution is -2.31. The van der Waals surface area contributed by atoms with Gasteiger partial charge in [-0.15, -0.1) is 5.10 Å². The average molecular weight is 473 g/mol. The largest absolute Gasteiger partial charge is 0.454 e. The summed E-state index contributed by atoms with van der Waals surface area (Å²) in [6, 6.07) is 10.8. The van der Waals surface area contributed by atoms with E-state index in [0.29, 0.717) is 30.2 Å². The predicted molar refractivity (Wildman–Crippen MR) is 120 cm³/mol. The lowest BCUT2D eigenvalue weighted by atomic mass is 10.2. The Kier molecular flexibility index (Phi) is 6.61. The van der Waals surface area contributed by atoms with E-state index in [1.165, 1.54) is 28.6 Å². The highest BCUT2D eigenvalue weighted by atomic mass is 32.2. The van der Waals surface area contributed by atoms with Crippen molar-refractivity contribution in [3.8, 4) is 23.0 Å². The molecule has 1 aliphatic heterocycles. The number of carbonyl (C=O) groups is 1. The SMILES string of the molecule is CCCCN(CC)S(=O)(=O)c1ccc(C(=O)Nc2nnc(-c3ccc4c(c3)OCO4)o2)cc1. The molecule has 3 aromatic rings. The Morgan fingerprint density at radius 3 is 2.55 bits per heavy atom. The Morgan fingerprint density at radius 2 is 1.82 bits per heavy atom. The van der Waals surface area contributed by atoms with E-state index in [2.05, 4.69) is 15.5 Å². The molecule has 0 radical (unpaired) electrons. The van der Waals surface area contributed by atoms with Crippen LogP contribution in [-0.2, 0) is 10.0 Å². The van der Waals surface area contributed by atoms with Crippen LogP contribution in [0.15, 0.2) is 51.8 Å². The molecule has 0 saturated carbocycles. The summed E-state index contributed by atoms with van der Waals surface area (Å²) < 4.78 is 43.2.